The lowest BCUT2D eigenvalue weighted by molar-refractivity contribution is -0.290. The molecular weight excluding hydrogens is 425 g/mol. The first-order valence-electron chi connectivity index (χ1n) is 8.68. The summed E-state index contributed by atoms with van der Waals surface area (Å²) in [5.41, 5.74) is -0.872. The number of pyridine rings is 2. The Labute approximate surface area is 169 Å². The minimum absolute atomic E-state index is 0.0542. The van der Waals surface area contributed by atoms with Crippen molar-refractivity contribution in [1.29, 1.82) is 0 Å². The van der Waals surface area contributed by atoms with Crippen LogP contribution in [0.4, 0.5) is 22.0 Å². The van der Waals surface area contributed by atoms with Gasteiger partial charge in [-0.1, -0.05) is 0 Å². The third-order valence-electron chi connectivity index (χ3n) is 4.64. The van der Waals surface area contributed by atoms with Gasteiger partial charge in [0.05, 0.1) is 12.0 Å². The van der Waals surface area contributed by atoms with Gasteiger partial charge in [0.2, 0.25) is 6.39 Å². The van der Waals surface area contributed by atoms with Crippen molar-refractivity contribution in [2.45, 2.75) is 12.1 Å². The Kier molecular flexibility index (Phi) is 3.88. The SMILES string of the molecule is Cn1cnc(-c2cc(C(F)(F)C(F)(F)F)nc3c2ccc2nc(-c4nnco4)cn23)c1. The first-order chi connectivity index (χ1) is 14.6. The molecule has 31 heavy (non-hydrogen) atoms. The second kappa shape index (κ2) is 6.30. The molecule has 0 unspecified atom stereocenters. The number of alkyl halides is 5. The smallest absolute Gasteiger partial charge is 0.422 e. The molecule has 0 saturated heterocycles. The van der Waals surface area contributed by atoms with Crippen LogP contribution in [-0.4, -0.2) is 40.3 Å². The van der Waals surface area contributed by atoms with Gasteiger partial charge in [-0.15, -0.1) is 10.2 Å². The molecule has 0 aliphatic heterocycles. The van der Waals surface area contributed by atoms with Crippen LogP contribution in [0.25, 0.3) is 39.5 Å². The lowest BCUT2D eigenvalue weighted by Crippen LogP contribution is -2.34. The van der Waals surface area contributed by atoms with Gasteiger partial charge in [0.1, 0.15) is 22.7 Å². The predicted octanol–water partition coefficient (Wildman–Crippen LogP) is 3.99. The van der Waals surface area contributed by atoms with Crippen molar-refractivity contribution in [3.05, 3.63) is 49.0 Å². The minimum Gasteiger partial charge on any atom is -0.422 e. The second-order valence-electron chi connectivity index (χ2n) is 6.72. The summed E-state index contributed by atoms with van der Waals surface area (Å²) in [5, 5.41) is 7.58. The third-order valence-corrected chi connectivity index (χ3v) is 4.64. The van der Waals surface area contributed by atoms with Crippen molar-refractivity contribution >= 4 is 16.7 Å². The molecule has 0 radical (unpaired) electrons. The number of imidazole rings is 2. The van der Waals surface area contributed by atoms with E-state index in [0.29, 0.717) is 11.5 Å². The van der Waals surface area contributed by atoms with Crippen LogP contribution in [0.2, 0.25) is 0 Å². The third kappa shape index (κ3) is 2.92. The van der Waals surface area contributed by atoms with Gasteiger partial charge in [-0.05, 0) is 18.2 Å². The summed E-state index contributed by atoms with van der Waals surface area (Å²) in [6.45, 7) is 0. The Hall–Kier alpha value is -3.90. The summed E-state index contributed by atoms with van der Waals surface area (Å²) in [4.78, 5) is 12.0. The van der Waals surface area contributed by atoms with Crippen LogP contribution in [0, 0.1) is 0 Å². The predicted molar refractivity (Wildman–Crippen MR) is 95.9 cm³/mol. The fourth-order valence-corrected chi connectivity index (χ4v) is 3.19. The monoisotopic (exact) mass is 435 g/mol. The van der Waals surface area contributed by atoms with E-state index in [4.69, 9.17) is 4.42 Å². The van der Waals surface area contributed by atoms with E-state index in [9.17, 15) is 22.0 Å². The molecule has 0 spiro atoms. The van der Waals surface area contributed by atoms with Crippen molar-refractivity contribution in [3.8, 4) is 22.8 Å². The number of fused-ring (bicyclic) bond motifs is 3. The number of hydrogen-bond donors (Lipinski definition) is 0. The average molecular weight is 435 g/mol. The molecule has 13 heteroatoms. The van der Waals surface area contributed by atoms with Crippen LogP contribution in [0.5, 0.6) is 0 Å². The van der Waals surface area contributed by atoms with Crippen molar-refractivity contribution < 1.29 is 26.4 Å². The Balaban J connectivity index is 1.85. The number of rotatable bonds is 3. The maximum Gasteiger partial charge on any atom is 0.459 e. The van der Waals surface area contributed by atoms with Crippen LogP contribution < -0.4 is 0 Å². The Bertz CT molecular complexity index is 1420. The van der Waals surface area contributed by atoms with E-state index >= 15 is 0 Å². The highest BCUT2D eigenvalue weighted by Gasteiger charge is 2.60. The summed E-state index contributed by atoms with van der Waals surface area (Å²) in [7, 11) is 1.65. The van der Waals surface area contributed by atoms with Crippen molar-refractivity contribution in [3.63, 3.8) is 0 Å². The molecule has 0 atom stereocenters. The van der Waals surface area contributed by atoms with Crippen LogP contribution in [-0.2, 0) is 13.0 Å². The molecule has 0 bridgehead atoms. The maximum absolute atomic E-state index is 14.2. The van der Waals surface area contributed by atoms with Gasteiger partial charge in [0.25, 0.3) is 5.89 Å². The highest BCUT2D eigenvalue weighted by molar-refractivity contribution is 5.93. The molecule has 0 fully saturated rings. The minimum atomic E-state index is -5.83. The van der Waals surface area contributed by atoms with E-state index in [2.05, 4.69) is 25.1 Å². The maximum atomic E-state index is 14.2. The van der Waals surface area contributed by atoms with Crippen LogP contribution in [0.15, 0.2) is 47.7 Å². The Morgan fingerprint density at radius 1 is 1.00 bits per heavy atom. The topological polar surface area (TPSA) is 86.9 Å². The van der Waals surface area contributed by atoms with Gasteiger partial charge in [-0.2, -0.15) is 22.0 Å². The molecule has 5 heterocycles. The lowest BCUT2D eigenvalue weighted by atomic mass is 10.0. The molecule has 0 amide bonds. The lowest BCUT2D eigenvalue weighted by Gasteiger charge is -2.20. The summed E-state index contributed by atoms with van der Waals surface area (Å²) in [6.07, 6.45) is -0.460. The standard InChI is InChI=1S/C18H10F5N7O/c1-29-5-11(24-7-29)10-4-13(17(19,20)18(21,22)23)27-15-9(10)2-3-14-26-12(6-30(14)15)16-28-25-8-31-16/h2-8H,1H3. The van der Waals surface area contributed by atoms with Gasteiger partial charge < -0.3 is 8.98 Å². The fourth-order valence-electron chi connectivity index (χ4n) is 3.19. The largest absolute Gasteiger partial charge is 0.459 e. The molecule has 0 saturated carbocycles. The molecule has 5 rings (SSSR count). The average Bonchev–Trinajstić information content (AvgIpc) is 3.45. The van der Waals surface area contributed by atoms with E-state index < -0.39 is 17.8 Å². The van der Waals surface area contributed by atoms with Gasteiger partial charge in [0.15, 0.2) is 0 Å². The number of aryl methyl sites for hydroxylation is 1. The van der Waals surface area contributed by atoms with Crippen molar-refractivity contribution in [1.82, 2.24) is 34.1 Å². The molecule has 5 aromatic heterocycles. The summed E-state index contributed by atoms with van der Waals surface area (Å²) < 4.78 is 75.7. The van der Waals surface area contributed by atoms with E-state index in [1.807, 2.05) is 0 Å². The van der Waals surface area contributed by atoms with Crippen LogP contribution >= 0.6 is 0 Å². The zero-order chi connectivity index (χ0) is 22.0. The van der Waals surface area contributed by atoms with Crippen molar-refractivity contribution in [2.75, 3.05) is 0 Å². The van der Waals surface area contributed by atoms with Crippen LogP contribution in [0.1, 0.15) is 5.69 Å². The first kappa shape index (κ1) is 19.1. The summed E-state index contributed by atoms with van der Waals surface area (Å²) in [5.74, 6) is -5.12. The Morgan fingerprint density at radius 2 is 1.81 bits per heavy atom. The quantitative estimate of drug-likeness (QED) is 0.399. The van der Waals surface area contributed by atoms with Crippen molar-refractivity contribution in [2.24, 2.45) is 7.05 Å². The summed E-state index contributed by atoms with van der Waals surface area (Å²) in [6, 6.07) is 3.81. The van der Waals surface area contributed by atoms with Gasteiger partial charge in [0, 0.05) is 30.4 Å². The van der Waals surface area contributed by atoms with Gasteiger partial charge >= 0.3 is 12.1 Å². The number of aromatic nitrogens is 7. The zero-order valence-corrected chi connectivity index (χ0v) is 15.5. The molecule has 0 N–H and O–H groups in total. The summed E-state index contributed by atoms with van der Waals surface area (Å²) >= 11 is 0. The highest BCUT2D eigenvalue weighted by Crippen LogP contribution is 2.44. The normalized spacial score (nSPS) is 12.8. The zero-order valence-electron chi connectivity index (χ0n) is 15.5. The van der Waals surface area contributed by atoms with E-state index in [0.717, 1.165) is 6.39 Å². The van der Waals surface area contributed by atoms with E-state index in [1.54, 1.807) is 17.7 Å². The molecule has 5 aromatic rings. The highest BCUT2D eigenvalue weighted by atomic mass is 19.4. The molecule has 158 valence electrons. The van der Waals surface area contributed by atoms with E-state index in [1.165, 1.54) is 29.2 Å². The number of nitrogens with zero attached hydrogens (tertiary/aromatic N) is 7. The Morgan fingerprint density at radius 3 is 2.45 bits per heavy atom. The number of halogens is 5. The molecule has 0 aliphatic carbocycles. The van der Waals surface area contributed by atoms with Gasteiger partial charge in [-0.25, -0.2) is 15.0 Å². The molecular formula is C18H10F5N7O. The molecule has 0 aliphatic rings. The number of hydrogen-bond acceptors (Lipinski definition) is 6. The van der Waals surface area contributed by atoms with Gasteiger partial charge in [-0.3, -0.25) is 4.40 Å². The van der Waals surface area contributed by atoms with E-state index in [-0.39, 0.29) is 34.1 Å². The second-order valence-corrected chi connectivity index (χ2v) is 6.72. The molecule has 8 nitrogen and oxygen atoms in total. The van der Waals surface area contributed by atoms with Crippen LogP contribution in [0.3, 0.4) is 0 Å². The molecule has 0 aromatic carbocycles. The first-order valence-corrected chi connectivity index (χ1v) is 8.68. The fraction of sp³-hybridized carbons (Fsp3) is 0.167.